The Morgan fingerprint density at radius 1 is 0.962 bits per heavy atom. The predicted molar refractivity (Wildman–Crippen MR) is 105 cm³/mol. The number of hydrogen-bond donors (Lipinski definition) is 0. The number of ether oxygens (including phenoxy) is 1. The van der Waals surface area contributed by atoms with Crippen LogP contribution in [0.1, 0.15) is 57.0 Å². The Morgan fingerprint density at radius 3 is 2.00 bits per heavy atom. The minimum Gasteiger partial charge on any atom is -0.469 e. The normalized spacial score (nSPS) is 11.5. The van der Waals surface area contributed by atoms with Crippen molar-refractivity contribution < 1.29 is 14.3 Å². The lowest BCUT2D eigenvalue weighted by molar-refractivity contribution is -0.140. The zero-order valence-corrected chi connectivity index (χ0v) is 17.2. The number of carbonyl (C=O) groups excluding carboxylic acids is 2. The van der Waals surface area contributed by atoms with Gasteiger partial charge in [-0.3, -0.25) is 9.59 Å². The molecule has 0 aliphatic carbocycles. The molecule has 0 aromatic heterocycles. The summed E-state index contributed by atoms with van der Waals surface area (Å²) in [5, 5.41) is 0. The van der Waals surface area contributed by atoms with E-state index in [9.17, 15) is 9.59 Å². The summed E-state index contributed by atoms with van der Waals surface area (Å²) < 4.78 is 4.72. The number of likely N-dealkylation sites (N-methyl/N-ethyl adjacent to an activating group) is 1. The lowest BCUT2D eigenvalue weighted by atomic mass is 9.86. The predicted octanol–water partition coefficient (Wildman–Crippen LogP) is 3.33. The fourth-order valence-corrected chi connectivity index (χ4v) is 2.74. The van der Waals surface area contributed by atoms with Crippen molar-refractivity contribution in [3.8, 4) is 0 Å². The molecule has 0 bridgehead atoms. The van der Waals surface area contributed by atoms with Crippen molar-refractivity contribution in [1.29, 1.82) is 0 Å². The van der Waals surface area contributed by atoms with Crippen molar-refractivity contribution in [2.24, 2.45) is 0 Å². The van der Waals surface area contributed by atoms with E-state index in [0.29, 0.717) is 18.7 Å². The molecule has 146 valence electrons. The maximum absolute atomic E-state index is 13.0. The van der Waals surface area contributed by atoms with Gasteiger partial charge in [0.15, 0.2) is 0 Å². The monoisotopic (exact) mass is 362 g/mol. The van der Waals surface area contributed by atoms with Crippen molar-refractivity contribution in [2.45, 2.75) is 46.5 Å². The van der Waals surface area contributed by atoms with Gasteiger partial charge in [0, 0.05) is 25.2 Å². The quantitative estimate of drug-likeness (QED) is 0.632. The van der Waals surface area contributed by atoms with Gasteiger partial charge in [-0.1, -0.05) is 46.8 Å². The van der Waals surface area contributed by atoms with E-state index in [1.807, 2.05) is 24.3 Å². The van der Waals surface area contributed by atoms with Gasteiger partial charge in [0.2, 0.25) is 0 Å². The van der Waals surface area contributed by atoms with Crippen molar-refractivity contribution in [3.05, 3.63) is 35.4 Å². The lowest BCUT2D eigenvalue weighted by Gasteiger charge is -2.27. The maximum Gasteiger partial charge on any atom is 0.307 e. The molecule has 1 amide bonds. The first-order chi connectivity index (χ1) is 12.2. The van der Waals surface area contributed by atoms with Crippen LogP contribution in [0.15, 0.2) is 24.3 Å². The highest BCUT2D eigenvalue weighted by atomic mass is 16.5. The smallest absolute Gasteiger partial charge is 0.307 e. The molecule has 5 nitrogen and oxygen atoms in total. The molecule has 0 spiro atoms. The van der Waals surface area contributed by atoms with E-state index in [-0.39, 0.29) is 23.7 Å². The van der Waals surface area contributed by atoms with Crippen LogP contribution in [0.5, 0.6) is 0 Å². The zero-order chi connectivity index (χ0) is 19.7. The number of esters is 1. The van der Waals surface area contributed by atoms with Crippen molar-refractivity contribution in [2.75, 3.05) is 39.8 Å². The van der Waals surface area contributed by atoms with Gasteiger partial charge in [0.1, 0.15) is 0 Å². The highest BCUT2D eigenvalue weighted by molar-refractivity contribution is 5.94. The van der Waals surface area contributed by atoms with E-state index in [4.69, 9.17) is 4.74 Å². The minimum absolute atomic E-state index is 0.0403. The average molecular weight is 363 g/mol. The molecular formula is C21H34N2O3. The number of benzene rings is 1. The van der Waals surface area contributed by atoms with Gasteiger partial charge >= 0.3 is 5.97 Å². The molecule has 26 heavy (non-hydrogen) atoms. The molecule has 0 aliphatic rings. The molecule has 0 heterocycles. The fourth-order valence-electron chi connectivity index (χ4n) is 2.74. The van der Waals surface area contributed by atoms with Crippen LogP contribution < -0.4 is 0 Å². The summed E-state index contributed by atoms with van der Waals surface area (Å²) >= 11 is 0. The van der Waals surface area contributed by atoms with Crippen LogP contribution in [-0.4, -0.2) is 61.5 Å². The van der Waals surface area contributed by atoms with Gasteiger partial charge in [0.25, 0.3) is 5.91 Å². The summed E-state index contributed by atoms with van der Waals surface area (Å²) in [6.45, 7) is 14.3. The molecule has 0 N–H and O–H groups in total. The molecule has 0 unspecified atom stereocenters. The average Bonchev–Trinajstić information content (AvgIpc) is 2.63. The fraction of sp³-hybridized carbons (Fsp3) is 0.619. The van der Waals surface area contributed by atoms with E-state index in [1.165, 1.54) is 12.7 Å². The highest BCUT2D eigenvalue weighted by Crippen LogP contribution is 2.22. The summed E-state index contributed by atoms with van der Waals surface area (Å²) in [7, 11) is 1.37. The summed E-state index contributed by atoms with van der Waals surface area (Å²) in [6, 6.07) is 7.78. The molecule has 5 heteroatoms. The van der Waals surface area contributed by atoms with Gasteiger partial charge in [-0.15, -0.1) is 0 Å². The molecule has 1 aromatic rings. The topological polar surface area (TPSA) is 49.9 Å². The third-order valence-corrected chi connectivity index (χ3v) is 4.68. The van der Waals surface area contributed by atoms with Crippen LogP contribution in [0, 0.1) is 0 Å². The largest absolute Gasteiger partial charge is 0.469 e. The second-order valence-electron chi connectivity index (χ2n) is 7.47. The van der Waals surface area contributed by atoms with Crippen molar-refractivity contribution in [3.63, 3.8) is 0 Å². The van der Waals surface area contributed by atoms with Gasteiger partial charge < -0.3 is 14.5 Å². The molecule has 0 atom stereocenters. The van der Waals surface area contributed by atoms with Crippen molar-refractivity contribution >= 4 is 11.9 Å². The van der Waals surface area contributed by atoms with Crippen LogP contribution in [0.3, 0.4) is 0 Å². The number of rotatable bonds is 9. The Labute approximate surface area is 158 Å². The van der Waals surface area contributed by atoms with Crippen LogP contribution in [0.4, 0.5) is 0 Å². The van der Waals surface area contributed by atoms with E-state index < -0.39 is 0 Å². The molecule has 1 aromatic carbocycles. The number of amides is 1. The molecule has 0 saturated carbocycles. The molecule has 0 saturated heterocycles. The first-order valence-electron chi connectivity index (χ1n) is 9.41. The Kier molecular flexibility index (Phi) is 8.79. The lowest BCUT2D eigenvalue weighted by Crippen LogP contribution is -2.40. The highest BCUT2D eigenvalue weighted by Gasteiger charge is 2.19. The first-order valence-corrected chi connectivity index (χ1v) is 9.41. The SMILES string of the molecule is CCN(CC)CCN(CCC(=O)OC)C(=O)c1ccc(C(C)(C)C)cc1. The number of nitrogens with zero attached hydrogens (tertiary/aromatic N) is 2. The maximum atomic E-state index is 13.0. The molecule has 0 radical (unpaired) electrons. The number of methoxy groups -OCH3 is 1. The molecular weight excluding hydrogens is 328 g/mol. The third kappa shape index (κ3) is 6.79. The summed E-state index contributed by atoms with van der Waals surface area (Å²) in [6.07, 6.45) is 0.209. The van der Waals surface area contributed by atoms with Gasteiger partial charge in [-0.25, -0.2) is 0 Å². The summed E-state index contributed by atoms with van der Waals surface area (Å²) in [4.78, 5) is 28.5. The van der Waals surface area contributed by atoms with Gasteiger partial charge in [0.05, 0.1) is 13.5 Å². The van der Waals surface area contributed by atoms with Crippen LogP contribution in [-0.2, 0) is 14.9 Å². The third-order valence-electron chi connectivity index (χ3n) is 4.68. The van der Waals surface area contributed by atoms with Crippen LogP contribution in [0.25, 0.3) is 0 Å². The van der Waals surface area contributed by atoms with Gasteiger partial charge in [-0.05, 0) is 36.2 Å². The van der Waals surface area contributed by atoms with E-state index in [0.717, 1.165) is 19.6 Å². The van der Waals surface area contributed by atoms with Crippen LogP contribution in [0.2, 0.25) is 0 Å². The van der Waals surface area contributed by atoms with E-state index >= 15 is 0 Å². The standard InChI is InChI=1S/C21H34N2O3/c1-7-22(8-2)15-16-23(14-13-19(24)26-6)20(25)17-9-11-18(12-10-17)21(3,4)5/h9-12H,7-8,13-16H2,1-6H3. The second-order valence-corrected chi connectivity index (χ2v) is 7.47. The van der Waals surface area contributed by atoms with E-state index in [2.05, 4.69) is 39.5 Å². The Balaban J connectivity index is 2.89. The number of hydrogen-bond acceptors (Lipinski definition) is 4. The summed E-state index contributed by atoms with van der Waals surface area (Å²) in [5.41, 5.74) is 1.90. The minimum atomic E-state index is -0.297. The Hall–Kier alpha value is -1.88. The zero-order valence-electron chi connectivity index (χ0n) is 17.2. The summed E-state index contributed by atoms with van der Waals surface area (Å²) in [5.74, 6) is -0.338. The molecule has 0 aliphatic heterocycles. The Morgan fingerprint density at radius 2 is 1.54 bits per heavy atom. The second kappa shape index (κ2) is 10.3. The molecule has 1 rings (SSSR count). The number of carbonyl (C=O) groups is 2. The van der Waals surface area contributed by atoms with Crippen LogP contribution >= 0.6 is 0 Å². The molecule has 0 fully saturated rings. The van der Waals surface area contributed by atoms with E-state index in [1.54, 1.807) is 4.90 Å². The Bertz CT molecular complexity index is 572. The first kappa shape index (κ1) is 22.2. The van der Waals surface area contributed by atoms with Crippen molar-refractivity contribution in [1.82, 2.24) is 9.80 Å². The van der Waals surface area contributed by atoms with Gasteiger partial charge in [-0.2, -0.15) is 0 Å².